The molecular formula is C11H12O3. The molecule has 0 heterocycles. The number of hydrogen-bond acceptors (Lipinski definition) is 3. The van der Waals surface area contributed by atoms with Gasteiger partial charge in [-0.05, 0) is 18.1 Å². The van der Waals surface area contributed by atoms with E-state index in [4.69, 9.17) is 4.74 Å². The number of benzene rings is 1. The van der Waals surface area contributed by atoms with Crippen LogP contribution in [0.4, 0.5) is 0 Å². The number of carbonyl (C=O) groups excluding carboxylic acids is 1. The molecule has 14 heavy (non-hydrogen) atoms. The Labute approximate surface area is 82.6 Å². The van der Waals surface area contributed by atoms with E-state index >= 15 is 0 Å². The van der Waals surface area contributed by atoms with Crippen LogP contribution in [0.25, 0.3) is 0 Å². The number of para-hydroxylation sites is 1. The Morgan fingerprint density at radius 2 is 2.36 bits per heavy atom. The number of ether oxygens (including phenoxy) is 1. The van der Waals surface area contributed by atoms with Crippen LogP contribution in [0.15, 0.2) is 30.9 Å². The Morgan fingerprint density at radius 3 is 2.93 bits per heavy atom. The van der Waals surface area contributed by atoms with Crippen LogP contribution in [0.1, 0.15) is 12.5 Å². The lowest BCUT2D eigenvalue weighted by Crippen LogP contribution is -2.05. The average Bonchev–Trinajstić information content (AvgIpc) is 2.20. The molecule has 0 fully saturated rings. The summed E-state index contributed by atoms with van der Waals surface area (Å²) in [5.41, 5.74) is 0.792. The number of phenols is 1. The first kappa shape index (κ1) is 10.3. The molecule has 1 aromatic rings. The molecule has 3 heteroatoms. The largest absolute Gasteiger partial charge is 0.504 e. The van der Waals surface area contributed by atoms with Crippen molar-refractivity contribution in [2.75, 3.05) is 0 Å². The molecule has 0 aromatic heterocycles. The normalized spacial score (nSPS) is 9.50. The summed E-state index contributed by atoms with van der Waals surface area (Å²) in [5.74, 6) is -0.374. The number of carbonyl (C=O) groups is 1. The summed E-state index contributed by atoms with van der Waals surface area (Å²) in [6.45, 7) is 5.20. The van der Waals surface area contributed by atoms with Crippen molar-refractivity contribution in [2.24, 2.45) is 0 Å². The second-order valence-corrected chi connectivity index (χ2v) is 2.74. The first-order valence-electron chi connectivity index (χ1n) is 4.34. The Bertz CT molecular complexity index is 356. The topological polar surface area (TPSA) is 46.5 Å². The molecule has 0 aliphatic heterocycles. The van der Waals surface area contributed by atoms with Gasteiger partial charge in [0.25, 0.3) is 0 Å². The van der Waals surface area contributed by atoms with Crippen LogP contribution in [-0.2, 0) is 11.2 Å². The minimum atomic E-state index is -0.568. The number of esters is 1. The van der Waals surface area contributed by atoms with E-state index in [1.807, 2.05) is 6.92 Å². The fourth-order valence-corrected chi connectivity index (χ4v) is 1.11. The monoisotopic (exact) mass is 192 g/mol. The number of hydrogen-bond donors (Lipinski definition) is 1. The predicted molar refractivity (Wildman–Crippen MR) is 53.3 cm³/mol. The molecule has 0 amide bonds. The van der Waals surface area contributed by atoms with Crippen molar-refractivity contribution in [2.45, 2.75) is 13.3 Å². The minimum absolute atomic E-state index is 0.0282. The summed E-state index contributed by atoms with van der Waals surface area (Å²) < 4.78 is 4.91. The van der Waals surface area contributed by atoms with Gasteiger partial charge >= 0.3 is 5.97 Å². The summed E-state index contributed by atoms with van der Waals surface area (Å²) in [7, 11) is 0. The quantitative estimate of drug-likeness (QED) is 0.453. The fraction of sp³-hybridized carbons (Fsp3) is 0.182. The molecule has 1 rings (SSSR count). The van der Waals surface area contributed by atoms with Gasteiger partial charge in [-0.2, -0.15) is 0 Å². The van der Waals surface area contributed by atoms with Crippen LogP contribution in [0.5, 0.6) is 11.5 Å². The maximum Gasteiger partial charge on any atom is 0.335 e. The van der Waals surface area contributed by atoms with E-state index in [-0.39, 0.29) is 11.5 Å². The number of rotatable bonds is 3. The van der Waals surface area contributed by atoms with Crippen molar-refractivity contribution in [1.82, 2.24) is 0 Å². The lowest BCUT2D eigenvalue weighted by molar-refractivity contribution is -0.129. The summed E-state index contributed by atoms with van der Waals surface area (Å²) in [6.07, 6.45) is 1.75. The van der Waals surface area contributed by atoms with Gasteiger partial charge in [0.15, 0.2) is 11.5 Å². The third kappa shape index (κ3) is 2.13. The van der Waals surface area contributed by atoms with Crippen LogP contribution in [0.2, 0.25) is 0 Å². The summed E-state index contributed by atoms with van der Waals surface area (Å²) in [4.78, 5) is 11.0. The molecule has 1 aromatic carbocycles. The van der Waals surface area contributed by atoms with E-state index in [1.165, 1.54) is 6.07 Å². The molecule has 0 spiro atoms. The standard InChI is InChI=1S/C11H12O3/c1-3-8-6-5-7-9(12)11(8)14-10(13)4-2/h4-7,12H,2-3H2,1H3. The first-order valence-corrected chi connectivity index (χ1v) is 4.34. The molecule has 0 unspecified atom stereocenters. The average molecular weight is 192 g/mol. The zero-order valence-corrected chi connectivity index (χ0v) is 7.99. The van der Waals surface area contributed by atoms with Gasteiger partial charge in [-0.25, -0.2) is 4.79 Å². The van der Waals surface area contributed by atoms with Crippen LogP contribution in [0.3, 0.4) is 0 Å². The lowest BCUT2D eigenvalue weighted by atomic mass is 10.1. The predicted octanol–water partition coefficient (Wildman–Crippen LogP) is 2.05. The van der Waals surface area contributed by atoms with Crippen molar-refractivity contribution >= 4 is 5.97 Å². The molecule has 0 aliphatic carbocycles. The van der Waals surface area contributed by atoms with Crippen molar-refractivity contribution in [3.8, 4) is 11.5 Å². The zero-order valence-electron chi connectivity index (χ0n) is 7.99. The Hall–Kier alpha value is -1.77. The highest BCUT2D eigenvalue weighted by molar-refractivity contribution is 5.84. The van der Waals surface area contributed by atoms with E-state index in [0.29, 0.717) is 6.42 Å². The molecule has 0 bridgehead atoms. The molecule has 1 N–H and O–H groups in total. The molecule has 0 saturated heterocycles. The van der Waals surface area contributed by atoms with Gasteiger partial charge in [-0.3, -0.25) is 0 Å². The number of aromatic hydroxyl groups is 1. The van der Waals surface area contributed by atoms with Gasteiger partial charge < -0.3 is 9.84 Å². The summed E-state index contributed by atoms with van der Waals surface area (Å²) in [6, 6.07) is 4.98. The highest BCUT2D eigenvalue weighted by Crippen LogP contribution is 2.30. The second kappa shape index (κ2) is 4.46. The second-order valence-electron chi connectivity index (χ2n) is 2.74. The molecule has 0 atom stereocenters. The Morgan fingerprint density at radius 1 is 1.64 bits per heavy atom. The fourth-order valence-electron chi connectivity index (χ4n) is 1.11. The van der Waals surface area contributed by atoms with Gasteiger partial charge in [0, 0.05) is 6.08 Å². The number of phenolic OH excluding ortho intramolecular Hbond substituents is 1. The van der Waals surface area contributed by atoms with E-state index in [2.05, 4.69) is 6.58 Å². The van der Waals surface area contributed by atoms with Crippen molar-refractivity contribution in [3.05, 3.63) is 36.4 Å². The Balaban J connectivity index is 3.04. The van der Waals surface area contributed by atoms with E-state index < -0.39 is 5.97 Å². The van der Waals surface area contributed by atoms with Gasteiger partial charge in [-0.1, -0.05) is 25.6 Å². The molecule has 74 valence electrons. The summed E-state index contributed by atoms with van der Waals surface area (Å²) in [5, 5.41) is 9.46. The van der Waals surface area contributed by atoms with Crippen molar-refractivity contribution in [3.63, 3.8) is 0 Å². The van der Waals surface area contributed by atoms with Crippen molar-refractivity contribution < 1.29 is 14.6 Å². The summed E-state index contributed by atoms with van der Waals surface area (Å²) >= 11 is 0. The van der Waals surface area contributed by atoms with Crippen LogP contribution < -0.4 is 4.74 Å². The smallest absolute Gasteiger partial charge is 0.335 e. The maximum atomic E-state index is 11.0. The lowest BCUT2D eigenvalue weighted by Gasteiger charge is -2.08. The third-order valence-electron chi connectivity index (χ3n) is 1.83. The maximum absolute atomic E-state index is 11.0. The zero-order chi connectivity index (χ0) is 10.6. The van der Waals surface area contributed by atoms with E-state index in [9.17, 15) is 9.90 Å². The molecule has 0 saturated carbocycles. The molecule has 0 aliphatic rings. The molecular weight excluding hydrogens is 180 g/mol. The first-order chi connectivity index (χ1) is 6.69. The van der Waals surface area contributed by atoms with Crippen LogP contribution >= 0.6 is 0 Å². The van der Waals surface area contributed by atoms with E-state index in [0.717, 1.165) is 11.6 Å². The molecule has 3 nitrogen and oxygen atoms in total. The number of aryl methyl sites for hydroxylation is 1. The van der Waals surface area contributed by atoms with Crippen LogP contribution in [-0.4, -0.2) is 11.1 Å². The third-order valence-corrected chi connectivity index (χ3v) is 1.83. The highest BCUT2D eigenvalue weighted by atomic mass is 16.5. The van der Waals surface area contributed by atoms with Crippen molar-refractivity contribution in [1.29, 1.82) is 0 Å². The van der Waals surface area contributed by atoms with Gasteiger partial charge in [0.1, 0.15) is 0 Å². The van der Waals surface area contributed by atoms with Gasteiger partial charge in [-0.15, -0.1) is 0 Å². The van der Waals surface area contributed by atoms with Gasteiger partial charge in [0.05, 0.1) is 0 Å². The molecule has 0 radical (unpaired) electrons. The van der Waals surface area contributed by atoms with E-state index in [1.54, 1.807) is 12.1 Å². The minimum Gasteiger partial charge on any atom is -0.504 e. The van der Waals surface area contributed by atoms with Crippen LogP contribution in [0, 0.1) is 0 Å². The highest BCUT2D eigenvalue weighted by Gasteiger charge is 2.10. The SMILES string of the molecule is C=CC(=O)Oc1c(O)cccc1CC. The Kier molecular flexibility index (Phi) is 3.29. The van der Waals surface area contributed by atoms with Gasteiger partial charge in [0.2, 0.25) is 0 Å².